The topological polar surface area (TPSA) is 21.7 Å². The highest BCUT2D eigenvalue weighted by molar-refractivity contribution is 6.63. The quantitative estimate of drug-likeness (QED) is 0.722. The Morgan fingerprint density at radius 2 is 1.79 bits per heavy atom. The number of benzene rings is 2. The molecule has 0 fully saturated rings. The molecule has 0 N–H and O–H groups in total. The monoisotopic (exact) mass is 251 g/mol. The van der Waals surface area contributed by atoms with E-state index in [1.54, 1.807) is 0 Å². The van der Waals surface area contributed by atoms with E-state index in [-0.39, 0.29) is 7.12 Å². The average Bonchev–Trinajstić information content (AvgIpc) is 3.02. The van der Waals surface area contributed by atoms with Crippen LogP contribution in [0.5, 0.6) is 11.5 Å². The molecule has 2 heterocycles. The summed E-state index contributed by atoms with van der Waals surface area (Å²) in [6.45, 7) is 1.09. The molecular formula is C15H14BNO2. The lowest BCUT2D eigenvalue weighted by atomic mass is 9.78. The molecular weight excluding hydrogens is 237 g/mol. The molecule has 0 aromatic heterocycles. The summed E-state index contributed by atoms with van der Waals surface area (Å²) in [7, 11) is 1.82. The highest BCUT2D eigenvalue weighted by Crippen LogP contribution is 2.33. The number of nitrogens with zero attached hydrogens (tertiary/aromatic N) is 1. The van der Waals surface area contributed by atoms with Crippen LogP contribution >= 0.6 is 0 Å². The van der Waals surface area contributed by atoms with Gasteiger partial charge in [-0.1, -0.05) is 24.3 Å². The molecule has 3 nitrogen and oxygen atoms in total. The third kappa shape index (κ3) is 1.67. The van der Waals surface area contributed by atoms with E-state index in [0.717, 1.165) is 29.9 Å². The van der Waals surface area contributed by atoms with Crippen molar-refractivity contribution >= 4 is 18.3 Å². The number of likely N-dealkylation sites (N-methyl/N-ethyl adjacent to an activating group) is 1. The van der Waals surface area contributed by atoms with Gasteiger partial charge in [-0.3, -0.25) is 0 Å². The lowest BCUT2D eigenvalue weighted by molar-refractivity contribution is 0.519. The molecule has 2 aromatic rings. The molecule has 0 amide bonds. The van der Waals surface area contributed by atoms with Crippen molar-refractivity contribution < 1.29 is 9.31 Å². The summed E-state index contributed by atoms with van der Waals surface area (Å²) < 4.78 is 11.7. The molecule has 0 bridgehead atoms. The van der Waals surface area contributed by atoms with Crippen molar-refractivity contribution in [3.8, 4) is 11.5 Å². The molecule has 94 valence electrons. The van der Waals surface area contributed by atoms with Crippen LogP contribution in [0.25, 0.3) is 0 Å². The van der Waals surface area contributed by atoms with Crippen LogP contribution in [-0.4, -0.2) is 20.7 Å². The number of rotatable bonds is 1. The normalized spacial score (nSPS) is 15.8. The van der Waals surface area contributed by atoms with Gasteiger partial charge in [0.1, 0.15) is 11.5 Å². The van der Waals surface area contributed by atoms with Crippen LogP contribution in [-0.2, 0) is 6.42 Å². The van der Waals surface area contributed by atoms with Gasteiger partial charge in [-0.05, 0) is 30.2 Å². The Balaban J connectivity index is 1.65. The molecule has 0 saturated heterocycles. The van der Waals surface area contributed by atoms with Crippen LogP contribution in [0.4, 0.5) is 5.69 Å². The Kier molecular flexibility index (Phi) is 2.24. The van der Waals surface area contributed by atoms with Crippen LogP contribution in [0.2, 0.25) is 0 Å². The summed E-state index contributed by atoms with van der Waals surface area (Å²) in [5, 5.41) is 0. The zero-order valence-corrected chi connectivity index (χ0v) is 10.8. The fourth-order valence-corrected chi connectivity index (χ4v) is 2.77. The highest BCUT2D eigenvalue weighted by Gasteiger charge is 2.34. The molecule has 4 heteroatoms. The van der Waals surface area contributed by atoms with E-state index >= 15 is 0 Å². The first kappa shape index (κ1) is 10.8. The van der Waals surface area contributed by atoms with Crippen LogP contribution in [0.1, 0.15) is 5.56 Å². The van der Waals surface area contributed by atoms with E-state index in [1.807, 2.05) is 24.3 Å². The van der Waals surface area contributed by atoms with Crippen molar-refractivity contribution in [2.24, 2.45) is 0 Å². The predicted molar refractivity (Wildman–Crippen MR) is 76.5 cm³/mol. The summed E-state index contributed by atoms with van der Waals surface area (Å²) in [6.07, 6.45) is 1.10. The first-order valence-electron chi connectivity index (χ1n) is 6.57. The highest BCUT2D eigenvalue weighted by atomic mass is 16.6. The zero-order chi connectivity index (χ0) is 12.8. The minimum atomic E-state index is -0.311. The first-order valence-corrected chi connectivity index (χ1v) is 6.57. The average molecular weight is 251 g/mol. The fourth-order valence-electron chi connectivity index (χ4n) is 2.77. The van der Waals surface area contributed by atoms with Crippen molar-refractivity contribution in [1.82, 2.24) is 0 Å². The third-order valence-corrected chi connectivity index (χ3v) is 3.82. The van der Waals surface area contributed by atoms with Gasteiger partial charge in [0.15, 0.2) is 0 Å². The van der Waals surface area contributed by atoms with E-state index in [4.69, 9.17) is 9.31 Å². The second kappa shape index (κ2) is 3.95. The summed E-state index contributed by atoms with van der Waals surface area (Å²) in [6, 6.07) is 14.3. The summed E-state index contributed by atoms with van der Waals surface area (Å²) in [5.41, 5.74) is 3.78. The van der Waals surface area contributed by atoms with Crippen molar-refractivity contribution in [1.29, 1.82) is 0 Å². The van der Waals surface area contributed by atoms with E-state index in [9.17, 15) is 0 Å². The standard InChI is InChI=1S/C15H14BNO2/c1-17-9-8-11-10-12(6-7-13(11)17)16-18-14-4-2-3-5-15(14)19-16/h2-7,10H,8-9H2,1H3. The number of hydrogen-bond donors (Lipinski definition) is 0. The SMILES string of the molecule is CN1CCc2cc(B3Oc4ccccc4O3)ccc21. The number of anilines is 1. The molecule has 2 aromatic carbocycles. The zero-order valence-electron chi connectivity index (χ0n) is 10.8. The van der Waals surface area contributed by atoms with Gasteiger partial charge in [0.25, 0.3) is 0 Å². The number of hydrogen-bond acceptors (Lipinski definition) is 3. The van der Waals surface area contributed by atoms with Gasteiger partial charge >= 0.3 is 7.12 Å². The van der Waals surface area contributed by atoms with Crippen molar-refractivity contribution in [3.63, 3.8) is 0 Å². The number of para-hydroxylation sites is 2. The molecule has 0 atom stereocenters. The summed E-state index contributed by atoms with van der Waals surface area (Å²) in [4.78, 5) is 2.28. The van der Waals surface area contributed by atoms with Crippen LogP contribution in [0, 0.1) is 0 Å². The Morgan fingerprint density at radius 1 is 1.05 bits per heavy atom. The van der Waals surface area contributed by atoms with Gasteiger partial charge in [-0.2, -0.15) is 0 Å². The predicted octanol–water partition coefficient (Wildman–Crippen LogP) is 1.85. The van der Waals surface area contributed by atoms with E-state index in [1.165, 1.54) is 11.3 Å². The minimum absolute atomic E-state index is 0.311. The number of fused-ring (bicyclic) bond motifs is 2. The van der Waals surface area contributed by atoms with Crippen molar-refractivity contribution in [2.75, 3.05) is 18.5 Å². The maximum absolute atomic E-state index is 5.84. The van der Waals surface area contributed by atoms with E-state index in [0.29, 0.717) is 0 Å². The Morgan fingerprint density at radius 3 is 2.53 bits per heavy atom. The van der Waals surface area contributed by atoms with Gasteiger partial charge in [-0.25, -0.2) is 0 Å². The third-order valence-electron chi connectivity index (χ3n) is 3.82. The minimum Gasteiger partial charge on any atom is -0.519 e. The van der Waals surface area contributed by atoms with Crippen LogP contribution in [0.15, 0.2) is 42.5 Å². The van der Waals surface area contributed by atoms with Gasteiger partial charge in [0, 0.05) is 24.7 Å². The summed E-state index contributed by atoms with van der Waals surface area (Å²) in [5.74, 6) is 1.65. The van der Waals surface area contributed by atoms with Gasteiger partial charge in [-0.15, -0.1) is 0 Å². The second-order valence-electron chi connectivity index (χ2n) is 5.07. The molecule has 0 spiro atoms. The molecule has 0 unspecified atom stereocenters. The molecule has 0 saturated carbocycles. The van der Waals surface area contributed by atoms with Crippen LogP contribution in [0.3, 0.4) is 0 Å². The maximum atomic E-state index is 5.84. The van der Waals surface area contributed by atoms with Crippen molar-refractivity contribution in [3.05, 3.63) is 48.0 Å². The van der Waals surface area contributed by atoms with E-state index in [2.05, 4.69) is 30.1 Å². The molecule has 2 aliphatic rings. The second-order valence-corrected chi connectivity index (χ2v) is 5.07. The fraction of sp³-hybridized carbons (Fsp3) is 0.200. The van der Waals surface area contributed by atoms with Gasteiger partial charge in [0.2, 0.25) is 0 Å². The Labute approximate surface area is 112 Å². The molecule has 0 radical (unpaired) electrons. The largest absolute Gasteiger partial charge is 0.632 e. The maximum Gasteiger partial charge on any atom is 0.632 e. The van der Waals surface area contributed by atoms with Gasteiger partial charge < -0.3 is 14.2 Å². The lowest BCUT2D eigenvalue weighted by Gasteiger charge is -2.12. The Bertz CT molecular complexity index is 619. The molecule has 0 aliphatic carbocycles. The van der Waals surface area contributed by atoms with E-state index < -0.39 is 0 Å². The molecule has 19 heavy (non-hydrogen) atoms. The Hall–Kier alpha value is -2.10. The molecule has 2 aliphatic heterocycles. The van der Waals surface area contributed by atoms with Gasteiger partial charge in [0.05, 0.1) is 0 Å². The smallest absolute Gasteiger partial charge is 0.519 e. The lowest BCUT2D eigenvalue weighted by Crippen LogP contribution is -2.39. The van der Waals surface area contributed by atoms with Crippen LogP contribution < -0.4 is 19.7 Å². The first-order chi connectivity index (χ1) is 9.31. The molecule has 4 rings (SSSR count). The summed E-state index contributed by atoms with van der Waals surface area (Å²) >= 11 is 0. The van der Waals surface area contributed by atoms with Crippen molar-refractivity contribution in [2.45, 2.75) is 6.42 Å².